The minimum Gasteiger partial charge on any atom is -0.360 e. The van der Waals surface area contributed by atoms with Gasteiger partial charge in [-0.2, -0.15) is 4.31 Å². The average molecular weight is 406 g/mol. The van der Waals surface area contributed by atoms with Gasteiger partial charge < -0.3 is 9.84 Å². The summed E-state index contributed by atoms with van der Waals surface area (Å²) in [6.45, 7) is 3.25. The van der Waals surface area contributed by atoms with E-state index in [1.54, 1.807) is 13.8 Å². The normalized spacial score (nSPS) is 11.7. The van der Waals surface area contributed by atoms with Crippen LogP contribution in [0, 0.1) is 6.92 Å². The molecule has 0 spiro atoms. The number of hydrogen-bond donors (Lipinski definition) is 1. The second-order valence-corrected chi connectivity index (χ2v) is 8.03. The topological polar surface area (TPSA) is 92.5 Å². The van der Waals surface area contributed by atoms with Gasteiger partial charge in [-0.05, 0) is 31.5 Å². The van der Waals surface area contributed by atoms with Gasteiger partial charge in [0.05, 0.1) is 11.6 Å². The molecule has 0 saturated heterocycles. The van der Waals surface area contributed by atoms with Crippen LogP contribution < -0.4 is 5.32 Å². The number of amides is 1. The molecule has 136 valence electrons. The maximum atomic E-state index is 12.9. The van der Waals surface area contributed by atoms with Crippen molar-refractivity contribution in [3.05, 3.63) is 40.1 Å². The summed E-state index contributed by atoms with van der Waals surface area (Å²) in [4.78, 5) is 12.0. The number of anilines is 1. The third-order valence-corrected chi connectivity index (χ3v) is 5.76. The van der Waals surface area contributed by atoms with Crippen molar-refractivity contribution in [1.82, 2.24) is 9.46 Å². The van der Waals surface area contributed by atoms with E-state index in [-0.39, 0.29) is 33.8 Å². The molecule has 0 fully saturated rings. The first-order chi connectivity index (χ1) is 11.7. The second kappa shape index (κ2) is 8.18. The Morgan fingerprint density at radius 3 is 2.64 bits per heavy atom. The van der Waals surface area contributed by atoms with E-state index in [9.17, 15) is 13.2 Å². The minimum absolute atomic E-state index is 0.0398. The Morgan fingerprint density at radius 2 is 2.04 bits per heavy atom. The first-order valence-electron chi connectivity index (χ1n) is 7.42. The monoisotopic (exact) mass is 405 g/mol. The second-order valence-electron chi connectivity index (χ2n) is 5.28. The smallest absolute Gasteiger partial charge is 0.245 e. The van der Waals surface area contributed by atoms with Crippen LogP contribution in [0.25, 0.3) is 0 Å². The van der Waals surface area contributed by atoms with Gasteiger partial charge in [-0.1, -0.05) is 35.3 Å². The Balaban J connectivity index is 2.23. The van der Waals surface area contributed by atoms with Crippen LogP contribution in [0.5, 0.6) is 0 Å². The number of rotatable bonds is 7. The van der Waals surface area contributed by atoms with Crippen LogP contribution in [0.4, 0.5) is 5.82 Å². The number of carbonyl (C=O) groups is 1. The summed E-state index contributed by atoms with van der Waals surface area (Å²) in [5, 5.41) is 6.41. The van der Waals surface area contributed by atoms with Crippen LogP contribution >= 0.6 is 23.2 Å². The van der Waals surface area contributed by atoms with Crippen LogP contribution in [0.15, 0.2) is 33.7 Å². The van der Waals surface area contributed by atoms with Gasteiger partial charge in [-0.3, -0.25) is 4.79 Å². The maximum Gasteiger partial charge on any atom is 0.245 e. The number of hydrogen-bond acceptors (Lipinski definition) is 5. The maximum absolute atomic E-state index is 12.9. The molecule has 0 atom stereocenters. The molecule has 0 unspecified atom stereocenters. The van der Waals surface area contributed by atoms with E-state index in [0.29, 0.717) is 12.2 Å². The zero-order chi connectivity index (χ0) is 18.6. The van der Waals surface area contributed by atoms with Gasteiger partial charge in [-0.15, -0.1) is 0 Å². The number of sulfonamides is 1. The van der Waals surface area contributed by atoms with E-state index in [0.717, 1.165) is 4.31 Å². The van der Waals surface area contributed by atoms with Crippen molar-refractivity contribution in [2.24, 2.45) is 0 Å². The highest BCUT2D eigenvalue weighted by Gasteiger charge is 2.28. The average Bonchev–Trinajstić information content (AvgIpc) is 2.94. The Morgan fingerprint density at radius 1 is 1.32 bits per heavy atom. The first kappa shape index (κ1) is 19.7. The molecule has 1 N–H and O–H groups in total. The van der Waals surface area contributed by atoms with Crippen molar-refractivity contribution in [2.75, 3.05) is 18.4 Å². The minimum atomic E-state index is -3.99. The number of benzene rings is 1. The van der Waals surface area contributed by atoms with Crippen LogP contribution in [0.2, 0.25) is 10.0 Å². The zero-order valence-corrected chi connectivity index (χ0v) is 16.0. The molecule has 0 aliphatic heterocycles. The molecular weight excluding hydrogens is 389 g/mol. The molecule has 7 nitrogen and oxygen atoms in total. The summed E-state index contributed by atoms with van der Waals surface area (Å²) >= 11 is 11.9. The third-order valence-electron chi connectivity index (χ3n) is 3.20. The molecule has 0 bridgehead atoms. The standard InChI is InChI=1S/C15H17Cl2N3O4S/c1-3-6-20(9-15(21)18-14-7-10(2)24-19-14)25(22,23)13-8-11(16)4-5-12(13)17/h4-5,7-8H,3,6,9H2,1-2H3,(H,18,19,21). The predicted molar refractivity (Wildman–Crippen MR) is 95.4 cm³/mol. The highest BCUT2D eigenvalue weighted by molar-refractivity contribution is 7.89. The molecule has 0 saturated carbocycles. The fourth-order valence-electron chi connectivity index (χ4n) is 2.12. The summed E-state index contributed by atoms with van der Waals surface area (Å²) in [6.07, 6.45) is 0.522. The van der Waals surface area contributed by atoms with Gasteiger partial charge in [0.25, 0.3) is 0 Å². The molecule has 1 aromatic heterocycles. The van der Waals surface area contributed by atoms with E-state index < -0.39 is 15.9 Å². The van der Waals surface area contributed by atoms with Crippen LogP contribution in [-0.4, -0.2) is 36.9 Å². The largest absolute Gasteiger partial charge is 0.360 e. The SMILES string of the molecule is CCCN(CC(=O)Nc1cc(C)on1)S(=O)(=O)c1cc(Cl)ccc1Cl. The number of aromatic nitrogens is 1. The van der Waals surface area contributed by atoms with E-state index in [1.807, 2.05) is 0 Å². The molecule has 2 rings (SSSR count). The summed E-state index contributed by atoms with van der Waals surface area (Å²) in [5.41, 5.74) is 0. The molecule has 0 aliphatic carbocycles. The van der Waals surface area contributed by atoms with Gasteiger partial charge in [-0.25, -0.2) is 8.42 Å². The lowest BCUT2D eigenvalue weighted by Crippen LogP contribution is -2.38. The Bertz CT molecular complexity index is 867. The predicted octanol–water partition coefficient (Wildman–Crippen LogP) is 3.33. The van der Waals surface area contributed by atoms with E-state index >= 15 is 0 Å². The number of carbonyl (C=O) groups excluding carboxylic acids is 1. The van der Waals surface area contributed by atoms with Crippen LogP contribution in [0.1, 0.15) is 19.1 Å². The van der Waals surface area contributed by atoms with Crippen molar-refractivity contribution < 1.29 is 17.7 Å². The summed E-state index contributed by atoms with van der Waals surface area (Å²) < 4.78 is 31.6. The lowest BCUT2D eigenvalue weighted by molar-refractivity contribution is -0.116. The van der Waals surface area contributed by atoms with E-state index in [4.69, 9.17) is 27.7 Å². The Labute approximate surface area is 155 Å². The molecule has 25 heavy (non-hydrogen) atoms. The highest BCUT2D eigenvalue weighted by Crippen LogP contribution is 2.27. The number of nitrogens with zero attached hydrogens (tertiary/aromatic N) is 2. The summed E-state index contributed by atoms with van der Waals surface area (Å²) in [7, 11) is -3.99. The van der Waals surface area contributed by atoms with Crippen LogP contribution in [-0.2, 0) is 14.8 Å². The lowest BCUT2D eigenvalue weighted by Gasteiger charge is -2.21. The molecule has 2 aromatic rings. The molecule has 0 aliphatic rings. The molecule has 0 radical (unpaired) electrons. The van der Waals surface area contributed by atoms with Gasteiger partial charge in [0, 0.05) is 17.6 Å². The van der Waals surface area contributed by atoms with Crippen molar-refractivity contribution in [1.29, 1.82) is 0 Å². The van der Waals surface area contributed by atoms with Crippen LogP contribution in [0.3, 0.4) is 0 Å². The molecule has 1 aromatic carbocycles. The van der Waals surface area contributed by atoms with E-state index in [1.165, 1.54) is 24.3 Å². The van der Waals surface area contributed by atoms with Gasteiger partial charge in [0.1, 0.15) is 10.7 Å². The third kappa shape index (κ3) is 4.94. The Hall–Kier alpha value is -1.61. The van der Waals surface area contributed by atoms with Crippen molar-refractivity contribution in [3.63, 3.8) is 0 Å². The first-order valence-corrected chi connectivity index (χ1v) is 9.62. The summed E-state index contributed by atoms with van der Waals surface area (Å²) in [5.74, 6) is 0.208. The number of aryl methyl sites for hydroxylation is 1. The quantitative estimate of drug-likeness (QED) is 0.762. The lowest BCUT2D eigenvalue weighted by atomic mass is 10.4. The van der Waals surface area contributed by atoms with Gasteiger partial charge >= 0.3 is 0 Å². The van der Waals surface area contributed by atoms with E-state index in [2.05, 4.69) is 10.5 Å². The zero-order valence-electron chi connectivity index (χ0n) is 13.6. The molecular formula is C15H17Cl2N3O4S. The van der Waals surface area contributed by atoms with Gasteiger partial charge in [0.15, 0.2) is 5.82 Å². The fourth-order valence-corrected chi connectivity index (χ4v) is 4.34. The highest BCUT2D eigenvalue weighted by atomic mass is 35.5. The molecule has 1 amide bonds. The fraction of sp³-hybridized carbons (Fsp3) is 0.333. The number of halogens is 2. The van der Waals surface area contributed by atoms with Crippen molar-refractivity contribution in [2.45, 2.75) is 25.2 Å². The Kier molecular flexibility index (Phi) is 6.45. The molecule has 10 heteroatoms. The van der Waals surface area contributed by atoms with Gasteiger partial charge in [0.2, 0.25) is 15.9 Å². The number of nitrogens with one attached hydrogen (secondary N) is 1. The molecule has 1 heterocycles. The summed E-state index contributed by atoms with van der Waals surface area (Å²) in [6, 6.07) is 5.69. The van der Waals surface area contributed by atoms with Crippen molar-refractivity contribution >= 4 is 45.0 Å². The van der Waals surface area contributed by atoms with Crippen molar-refractivity contribution in [3.8, 4) is 0 Å².